The molecule has 2 aliphatic heterocycles. The number of nitrogens with zero attached hydrogens (tertiary/aromatic N) is 2. The Morgan fingerprint density at radius 1 is 1.38 bits per heavy atom. The summed E-state index contributed by atoms with van der Waals surface area (Å²) in [4.78, 5) is 36.6. The second-order valence-electron chi connectivity index (χ2n) is 5.72. The lowest BCUT2D eigenvalue weighted by Crippen LogP contribution is -2.71. The summed E-state index contributed by atoms with van der Waals surface area (Å²) in [6.45, 7) is 0.580. The molecular formula is C17H16BrN3O4S. The molecule has 1 saturated heterocycles. The van der Waals surface area contributed by atoms with E-state index in [1.165, 1.54) is 16.7 Å². The molecule has 0 unspecified atom stereocenters. The Labute approximate surface area is 162 Å². The zero-order chi connectivity index (χ0) is 18.7. The van der Waals surface area contributed by atoms with Gasteiger partial charge in [-0.3, -0.25) is 14.5 Å². The van der Waals surface area contributed by atoms with Crippen LogP contribution in [0.1, 0.15) is 0 Å². The number of pyridine rings is 1. The third kappa shape index (κ3) is 3.68. The summed E-state index contributed by atoms with van der Waals surface area (Å²) in [7, 11) is 0. The number of rotatable bonds is 6. The molecule has 136 valence electrons. The van der Waals surface area contributed by atoms with Crippen molar-refractivity contribution in [2.45, 2.75) is 18.0 Å². The highest BCUT2D eigenvalue weighted by Gasteiger charge is 2.52. The van der Waals surface area contributed by atoms with Gasteiger partial charge in [-0.25, -0.2) is 4.57 Å². The third-order valence-electron chi connectivity index (χ3n) is 4.04. The summed E-state index contributed by atoms with van der Waals surface area (Å²) < 4.78 is 1.94. The molecule has 3 rings (SSSR count). The molecule has 0 saturated carbocycles. The predicted molar refractivity (Wildman–Crippen MR) is 96.6 cm³/mol. The number of allylic oxidation sites excluding steroid dienone is 2. The quantitative estimate of drug-likeness (QED) is 0.361. The molecule has 26 heavy (non-hydrogen) atoms. The summed E-state index contributed by atoms with van der Waals surface area (Å²) in [6, 6.07) is 5.02. The first kappa shape index (κ1) is 18.7. The van der Waals surface area contributed by atoms with Gasteiger partial charge in [-0.15, -0.1) is 11.8 Å². The van der Waals surface area contributed by atoms with E-state index in [2.05, 4.69) is 21.2 Å². The number of carboxylic acids is 1. The van der Waals surface area contributed by atoms with Gasteiger partial charge in [0.1, 0.15) is 11.4 Å². The number of fused-ring (bicyclic) bond motifs is 1. The van der Waals surface area contributed by atoms with Gasteiger partial charge < -0.3 is 15.2 Å². The van der Waals surface area contributed by atoms with E-state index in [4.69, 9.17) is 0 Å². The molecule has 0 bridgehead atoms. The summed E-state index contributed by atoms with van der Waals surface area (Å²) >= 11 is 4.45. The van der Waals surface area contributed by atoms with E-state index in [0.717, 1.165) is 0 Å². The smallest absolute Gasteiger partial charge is 0.253 e. The average Bonchev–Trinajstić information content (AvgIpc) is 2.65. The first-order chi connectivity index (χ1) is 12.5. The van der Waals surface area contributed by atoms with Gasteiger partial charge in [0.2, 0.25) is 5.91 Å². The van der Waals surface area contributed by atoms with Gasteiger partial charge in [-0.2, -0.15) is 0 Å². The van der Waals surface area contributed by atoms with Crippen LogP contribution in [0.4, 0.5) is 0 Å². The first-order valence-electron chi connectivity index (χ1n) is 7.88. The summed E-state index contributed by atoms with van der Waals surface area (Å²) in [6.07, 6.45) is 7.36. The third-order valence-corrected chi connectivity index (χ3v) is 5.85. The number of β-lactam (4-membered cyclic amide) rings is 1. The van der Waals surface area contributed by atoms with Crippen LogP contribution >= 0.6 is 27.7 Å². The maximum Gasteiger partial charge on any atom is 0.253 e. The minimum atomic E-state index is -1.39. The van der Waals surface area contributed by atoms with Crippen LogP contribution in [-0.2, 0) is 20.9 Å². The van der Waals surface area contributed by atoms with Crippen molar-refractivity contribution >= 4 is 45.5 Å². The molecule has 0 spiro atoms. The van der Waals surface area contributed by atoms with E-state index >= 15 is 0 Å². The van der Waals surface area contributed by atoms with E-state index in [-0.39, 0.29) is 16.9 Å². The van der Waals surface area contributed by atoms with Crippen LogP contribution in [0.25, 0.3) is 0 Å². The molecule has 9 heteroatoms. The van der Waals surface area contributed by atoms with Crippen LogP contribution < -0.4 is 15.0 Å². The van der Waals surface area contributed by atoms with Gasteiger partial charge in [0, 0.05) is 17.9 Å². The molecule has 1 fully saturated rings. The average molecular weight is 438 g/mol. The lowest BCUT2D eigenvalue weighted by Gasteiger charge is -2.50. The highest BCUT2D eigenvalue weighted by atomic mass is 79.9. The van der Waals surface area contributed by atoms with Crippen molar-refractivity contribution in [3.63, 3.8) is 0 Å². The highest BCUT2D eigenvalue weighted by Crippen LogP contribution is 2.40. The Bertz CT molecular complexity index is 796. The van der Waals surface area contributed by atoms with Gasteiger partial charge >= 0.3 is 0 Å². The number of thioether (sulfide) groups is 1. The Kier molecular flexibility index (Phi) is 5.77. The van der Waals surface area contributed by atoms with Crippen molar-refractivity contribution in [1.82, 2.24) is 10.2 Å². The van der Waals surface area contributed by atoms with Gasteiger partial charge in [-0.1, -0.05) is 28.1 Å². The van der Waals surface area contributed by atoms with Gasteiger partial charge in [0.15, 0.2) is 18.9 Å². The molecule has 0 radical (unpaired) electrons. The largest absolute Gasteiger partial charge is 0.543 e. The number of nitrogens with one attached hydrogen (secondary N) is 1. The number of carbonyl (C=O) groups is 3. The van der Waals surface area contributed by atoms with E-state index in [9.17, 15) is 19.5 Å². The fraction of sp³-hybridized carbons (Fsp3) is 0.294. The summed E-state index contributed by atoms with van der Waals surface area (Å²) in [5.74, 6) is -1.71. The summed E-state index contributed by atoms with van der Waals surface area (Å²) in [5.41, 5.74) is 0.416. The standard InChI is InChI=1S/C17H16BrN3O4S/c18-9-12(22)19-13-15(23)21-14(17(24)25)11(10-26-16(13)21)5-4-8-20-6-2-1-3-7-20/h1-7,13,16H,8-10H2,(H-,19,22,24,25)/b5-4+/t13-,16-/m1/s1. The molecule has 7 nitrogen and oxygen atoms in total. The van der Waals surface area contributed by atoms with Crippen molar-refractivity contribution in [3.8, 4) is 0 Å². The van der Waals surface area contributed by atoms with Crippen molar-refractivity contribution < 1.29 is 24.1 Å². The van der Waals surface area contributed by atoms with Crippen molar-refractivity contribution in [1.29, 1.82) is 0 Å². The molecule has 3 heterocycles. The van der Waals surface area contributed by atoms with Gasteiger partial charge in [-0.05, 0) is 11.6 Å². The highest BCUT2D eigenvalue weighted by molar-refractivity contribution is 9.09. The van der Waals surface area contributed by atoms with E-state index in [1.54, 1.807) is 6.08 Å². The second kappa shape index (κ2) is 8.05. The molecule has 1 aromatic heterocycles. The van der Waals surface area contributed by atoms with Gasteiger partial charge in [0.25, 0.3) is 5.91 Å². The maximum atomic E-state index is 12.3. The fourth-order valence-corrected chi connectivity index (χ4v) is 4.33. The SMILES string of the molecule is O=C(CBr)N[C@@H]1C(=O)N2C(C(=O)[O-])=C(/C=C/C[n+]3ccccc3)CS[C@H]12. The van der Waals surface area contributed by atoms with Crippen molar-refractivity contribution in [2.75, 3.05) is 11.1 Å². The molecule has 0 aliphatic carbocycles. The number of amides is 2. The Balaban J connectivity index is 1.77. The molecule has 1 aromatic rings. The van der Waals surface area contributed by atoms with Gasteiger partial charge in [0.05, 0.1) is 17.0 Å². The number of aromatic nitrogens is 1. The van der Waals surface area contributed by atoms with Crippen LogP contribution in [0.5, 0.6) is 0 Å². The molecule has 2 amide bonds. The Hall–Kier alpha value is -2.13. The minimum Gasteiger partial charge on any atom is -0.543 e. The number of hydrogen-bond donors (Lipinski definition) is 1. The van der Waals surface area contributed by atoms with Crippen LogP contribution in [0.3, 0.4) is 0 Å². The van der Waals surface area contributed by atoms with Crippen LogP contribution in [0, 0.1) is 0 Å². The molecule has 1 N–H and O–H groups in total. The molecule has 2 atom stereocenters. The lowest BCUT2D eigenvalue weighted by atomic mass is 10.0. The monoisotopic (exact) mass is 437 g/mol. The summed E-state index contributed by atoms with van der Waals surface area (Å²) in [5, 5.41) is 13.9. The molecular weight excluding hydrogens is 422 g/mol. The Morgan fingerprint density at radius 3 is 2.77 bits per heavy atom. The van der Waals surface area contributed by atoms with E-state index in [0.29, 0.717) is 17.9 Å². The minimum absolute atomic E-state index is 0.0858. The number of hydrogen-bond acceptors (Lipinski definition) is 5. The normalized spacial score (nSPS) is 22.2. The predicted octanol–water partition coefficient (Wildman–Crippen LogP) is -0.671. The number of halogens is 1. The van der Waals surface area contributed by atoms with Crippen LogP contribution in [0.2, 0.25) is 0 Å². The maximum absolute atomic E-state index is 12.3. The topological polar surface area (TPSA) is 93.4 Å². The number of alkyl halides is 1. The number of carbonyl (C=O) groups excluding carboxylic acids is 3. The zero-order valence-corrected chi connectivity index (χ0v) is 16.0. The number of aliphatic carboxylic acids is 1. The molecule has 2 aliphatic rings. The van der Waals surface area contributed by atoms with Crippen molar-refractivity contribution in [2.24, 2.45) is 0 Å². The van der Waals surface area contributed by atoms with Crippen LogP contribution in [0.15, 0.2) is 54.0 Å². The first-order valence-corrected chi connectivity index (χ1v) is 10.0. The van der Waals surface area contributed by atoms with Crippen LogP contribution in [-0.4, -0.2) is 45.2 Å². The lowest BCUT2D eigenvalue weighted by molar-refractivity contribution is -0.687. The van der Waals surface area contributed by atoms with E-state index in [1.807, 2.05) is 41.2 Å². The number of carboxylic acid groups (broad SMARTS) is 1. The molecule has 0 aromatic carbocycles. The zero-order valence-electron chi connectivity index (χ0n) is 13.6. The van der Waals surface area contributed by atoms with Crippen molar-refractivity contribution in [3.05, 3.63) is 54.0 Å². The van der Waals surface area contributed by atoms with E-state index < -0.39 is 23.3 Å². The Morgan fingerprint density at radius 2 is 2.12 bits per heavy atom. The fourth-order valence-electron chi connectivity index (χ4n) is 2.84. The second-order valence-corrected chi connectivity index (χ2v) is 7.39.